The summed E-state index contributed by atoms with van der Waals surface area (Å²) in [5, 5.41) is 8.57. The number of ether oxygens (including phenoxy) is 1. The van der Waals surface area contributed by atoms with Crippen LogP contribution in [0.15, 0.2) is 59.4 Å². The van der Waals surface area contributed by atoms with Gasteiger partial charge in [-0.1, -0.05) is 50.2 Å². The van der Waals surface area contributed by atoms with E-state index in [0.717, 1.165) is 13.1 Å². The molecule has 162 valence electrons. The van der Waals surface area contributed by atoms with Crippen molar-refractivity contribution in [1.82, 2.24) is 20.0 Å². The lowest BCUT2D eigenvalue weighted by Gasteiger charge is -2.36. The quantitative estimate of drug-likeness (QED) is 0.663. The van der Waals surface area contributed by atoms with Crippen LogP contribution in [0, 0.1) is 5.92 Å². The molecular formula is C24H28N4O3. The monoisotopic (exact) mass is 420 g/mol. The Kier molecular flexibility index (Phi) is 6.44. The number of nitrogens with one attached hydrogen (secondary N) is 1. The van der Waals surface area contributed by atoms with Crippen LogP contribution in [0.25, 0.3) is 16.5 Å². The molecule has 3 aromatic rings. The number of benzene rings is 2. The van der Waals surface area contributed by atoms with E-state index in [4.69, 9.17) is 4.74 Å². The fourth-order valence-corrected chi connectivity index (χ4v) is 4.08. The molecule has 1 aliphatic rings. The molecule has 1 aliphatic heterocycles. The average molecular weight is 421 g/mol. The lowest BCUT2D eigenvalue weighted by atomic mass is 10.0. The topological polar surface area (TPSA) is 76.5 Å². The minimum Gasteiger partial charge on any atom is -0.379 e. The molecule has 0 saturated carbocycles. The van der Waals surface area contributed by atoms with Gasteiger partial charge in [-0.25, -0.2) is 0 Å². The van der Waals surface area contributed by atoms with Crippen molar-refractivity contribution in [3.8, 4) is 5.69 Å². The van der Waals surface area contributed by atoms with Crippen molar-refractivity contribution in [2.45, 2.75) is 19.9 Å². The van der Waals surface area contributed by atoms with E-state index in [-0.39, 0.29) is 23.2 Å². The fourth-order valence-electron chi connectivity index (χ4n) is 4.08. The van der Waals surface area contributed by atoms with E-state index in [0.29, 0.717) is 42.1 Å². The Morgan fingerprint density at radius 3 is 2.35 bits per heavy atom. The minimum absolute atomic E-state index is 0.208. The van der Waals surface area contributed by atoms with Crippen LogP contribution < -0.4 is 10.9 Å². The molecule has 1 N–H and O–H groups in total. The molecule has 7 nitrogen and oxygen atoms in total. The van der Waals surface area contributed by atoms with Crippen LogP contribution in [0.4, 0.5) is 0 Å². The van der Waals surface area contributed by atoms with Gasteiger partial charge >= 0.3 is 0 Å². The summed E-state index contributed by atoms with van der Waals surface area (Å²) in [5.74, 6) is 0.0983. The SMILES string of the molecule is CC(C)C(CNC(=O)c1nn(-c2ccccc2)c(=O)c2ccccc12)N1CCOCC1. The van der Waals surface area contributed by atoms with Crippen LogP contribution in [-0.2, 0) is 4.74 Å². The first-order valence-electron chi connectivity index (χ1n) is 10.7. The first-order valence-corrected chi connectivity index (χ1v) is 10.7. The molecule has 2 heterocycles. The molecule has 2 aromatic carbocycles. The van der Waals surface area contributed by atoms with E-state index in [1.807, 2.05) is 24.3 Å². The van der Waals surface area contributed by atoms with Crippen LogP contribution in [0.3, 0.4) is 0 Å². The molecule has 0 spiro atoms. The van der Waals surface area contributed by atoms with Gasteiger partial charge in [0.25, 0.3) is 11.5 Å². The average Bonchev–Trinajstić information content (AvgIpc) is 2.80. The normalized spacial score (nSPS) is 15.8. The van der Waals surface area contributed by atoms with Crippen LogP contribution in [0.2, 0.25) is 0 Å². The van der Waals surface area contributed by atoms with E-state index in [1.54, 1.807) is 30.3 Å². The van der Waals surface area contributed by atoms with Crippen molar-refractivity contribution < 1.29 is 9.53 Å². The van der Waals surface area contributed by atoms with E-state index < -0.39 is 0 Å². The Morgan fingerprint density at radius 2 is 1.68 bits per heavy atom. The predicted octanol–water partition coefficient (Wildman–Crippen LogP) is 2.47. The Labute approximate surface area is 181 Å². The van der Waals surface area contributed by atoms with Crippen molar-refractivity contribution in [2.24, 2.45) is 5.92 Å². The predicted molar refractivity (Wildman–Crippen MR) is 121 cm³/mol. The maximum Gasteiger partial charge on any atom is 0.279 e. The van der Waals surface area contributed by atoms with Gasteiger partial charge in [-0.2, -0.15) is 9.78 Å². The van der Waals surface area contributed by atoms with Crippen molar-refractivity contribution in [1.29, 1.82) is 0 Å². The molecule has 7 heteroatoms. The van der Waals surface area contributed by atoms with Gasteiger partial charge in [0.1, 0.15) is 0 Å². The highest BCUT2D eigenvalue weighted by Crippen LogP contribution is 2.16. The number of carbonyl (C=O) groups is 1. The zero-order chi connectivity index (χ0) is 21.8. The number of rotatable bonds is 6. The summed E-state index contributed by atoms with van der Waals surface area (Å²) >= 11 is 0. The molecule has 1 aromatic heterocycles. The third kappa shape index (κ3) is 4.52. The minimum atomic E-state index is -0.278. The van der Waals surface area contributed by atoms with Gasteiger partial charge in [0.15, 0.2) is 5.69 Å². The molecule has 4 rings (SSSR count). The molecule has 1 atom stereocenters. The number of nitrogens with zero attached hydrogens (tertiary/aromatic N) is 3. The summed E-state index contributed by atoms with van der Waals surface area (Å²) in [7, 11) is 0. The van der Waals surface area contributed by atoms with Crippen molar-refractivity contribution in [3.05, 3.63) is 70.6 Å². The first-order chi connectivity index (χ1) is 15.1. The largest absolute Gasteiger partial charge is 0.379 e. The van der Waals surface area contributed by atoms with E-state index >= 15 is 0 Å². The number of fused-ring (bicyclic) bond motifs is 1. The van der Waals surface area contributed by atoms with Gasteiger partial charge < -0.3 is 10.1 Å². The Balaban J connectivity index is 1.66. The maximum atomic E-state index is 13.2. The molecule has 0 radical (unpaired) electrons. The molecule has 1 saturated heterocycles. The zero-order valence-electron chi connectivity index (χ0n) is 18.0. The Bertz CT molecular complexity index is 1100. The van der Waals surface area contributed by atoms with Gasteiger partial charge in [0, 0.05) is 31.1 Å². The lowest BCUT2D eigenvalue weighted by Crippen LogP contribution is -2.51. The Morgan fingerprint density at radius 1 is 1.03 bits per heavy atom. The number of hydrogen-bond acceptors (Lipinski definition) is 5. The van der Waals surface area contributed by atoms with Crippen molar-refractivity contribution in [3.63, 3.8) is 0 Å². The highest BCUT2D eigenvalue weighted by atomic mass is 16.5. The van der Waals surface area contributed by atoms with Crippen molar-refractivity contribution >= 4 is 16.7 Å². The van der Waals surface area contributed by atoms with E-state index in [2.05, 4.69) is 29.2 Å². The summed E-state index contributed by atoms with van der Waals surface area (Å²) in [4.78, 5) is 28.6. The molecule has 1 unspecified atom stereocenters. The molecule has 1 fully saturated rings. The molecular weight excluding hydrogens is 392 g/mol. The molecule has 31 heavy (non-hydrogen) atoms. The van der Waals surface area contributed by atoms with E-state index in [1.165, 1.54) is 4.68 Å². The van der Waals surface area contributed by atoms with E-state index in [9.17, 15) is 9.59 Å². The Hall–Kier alpha value is -3.03. The number of carbonyl (C=O) groups excluding carboxylic acids is 1. The zero-order valence-corrected chi connectivity index (χ0v) is 18.0. The highest BCUT2D eigenvalue weighted by Gasteiger charge is 2.25. The van der Waals surface area contributed by atoms with Gasteiger partial charge in [-0.15, -0.1) is 0 Å². The van der Waals surface area contributed by atoms with Crippen LogP contribution >= 0.6 is 0 Å². The smallest absolute Gasteiger partial charge is 0.279 e. The maximum absolute atomic E-state index is 13.2. The second kappa shape index (κ2) is 9.41. The standard InChI is InChI=1S/C24H28N4O3/c1-17(2)21(27-12-14-31-15-13-27)16-25-23(29)22-19-10-6-7-11-20(19)24(30)28(26-22)18-8-4-3-5-9-18/h3-11,17,21H,12-16H2,1-2H3,(H,25,29). The second-order valence-corrected chi connectivity index (χ2v) is 8.12. The van der Waals surface area contributed by atoms with Crippen LogP contribution in [0.5, 0.6) is 0 Å². The number of hydrogen-bond donors (Lipinski definition) is 1. The summed E-state index contributed by atoms with van der Waals surface area (Å²) in [6.07, 6.45) is 0. The third-order valence-corrected chi connectivity index (χ3v) is 5.78. The summed E-state index contributed by atoms with van der Waals surface area (Å²) in [6, 6.07) is 16.5. The number of para-hydroxylation sites is 1. The number of amides is 1. The number of morpholine rings is 1. The van der Waals surface area contributed by atoms with Crippen LogP contribution in [-0.4, -0.2) is 59.5 Å². The molecule has 1 amide bonds. The lowest BCUT2D eigenvalue weighted by molar-refractivity contribution is 0.00671. The van der Waals surface area contributed by atoms with Gasteiger partial charge in [0.05, 0.1) is 24.3 Å². The van der Waals surface area contributed by atoms with Crippen LogP contribution in [0.1, 0.15) is 24.3 Å². The second-order valence-electron chi connectivity index (χ2n) is 8.12. The third-order valence-electron chi connectivity index (χ3n) is 5.78. The highest BCUT2D eigenvalue weighted by molar-refractivity contribution is 6.04. The van der Waals surface area contributed by atoms with Crippen molar-refractivity contribution in [2.75, 3.05) is 32.8 Å². The van der Waals surface area contributed by atoms with Gasteiger partial charge in [-0.05, 0) is 24.1 Å². The number of aromatic nitrogens is 2. The summed E-state index contributed by atoms with van der Waals surface area (Å²) in [6.45, 7) is 7.98. The molecule has 0 bridgehead atoms. The fraction of sp³-hybridized carbons (Fsp3) is 0.375. The summed E-state index contributed by atoms with van der Waals surface area (Å²) < 4.78 is 6.77. The first kappa shape index (κ1) is 21.2. The summed E-state index contributed by atoms with van der Waals surface area (Å²) in [5.41, 5.74) is 0.635. The van der Waals surface area contributed by atoms with Gasteiger partial charge in [-0.3, -0.25) is 14.5 Å². The van der Waals surface area contributed by atoms with Gasteiger partial charge in [0.2, 0.25) is 0 Å². The molecule has 0 aliphatic carbocycles.